The fourth-order valence-electron chi connectivity index (χ4n) is 1.95. The summed E-state index contributed by atoms with van der Waals surface area (Å²) in [5, 5.41) is 21.7. The second kappa shape index (κ2) is 7.11. The van der Waals surface area contributed by atoms with Crippen LogP contribution in [0.3, 0.4) is 0 Å². The molecule has 0 fully saturated rings. The molecule has 0 bridgehead atoms. The molecule has 0 aliphatic carbocycles. The zero-order valence-electron chi connectivity index (χ0n) is 13.3. The van der Waals surface area contributed by atoms with Gasteiger partial charge in [0, 0.05) is 5.69 Å². The molecule has 2 aromatic rings. The molecule has 0 aliphatic rings. The van der Waals surface area contributed by atoms with Gasteiger partial charge in [0.05, 0.1) is 11.6 Å². The van der Waals surface area contributed by atoms with Crippen molar-refractivity contribution in [2.45, 2.75) is 19.4 Å². The van der Waals surface area contributed by atoms with Crippen LogP contribution >= 0.6 is 0 Å². The molecule has 0 spiro atoms. The third kappa shape index (κ3) is 4.31. The summed E-state index contributed by atoms with van der Waals surface area (Å²) in [5.74, 6) is -0.699. The summed E-state index contributed by atoms with van der Waals surface area (Å²) in [4.78, 5) is 12.2. The average Bonchev–Trinajstić information content (AvgIpc) is 2.54. The number of nitriles is 1. The Kier molecular flexibility index (Phi) is 5.17. The van der Waals surface area contributed by atoms with Gasteiger partial charge in [0.1, 0.15) is 18.2 Å². The van der Waals surface area contributed by atoms with Crippen LogP contribution in [0.5, 0.6) is 5.75 Å². The van der Waals surface area contributed by atoms with Crippen molar-refractivity contribution in [3.05, 3.63) is 59.4 Å². The summed E-state index contributed by atoms with van der Waals surface area (Å²) in [5.41, 5.74) is -0.0774. The highest BCUT2D eigenvalue weighted by molar-refractivity contribution is 5.97. The minimum atomic E-state index is -1.78. The van der Waals surface area contributed by atoms with Gasteiger partial charge >= 0.3 is 0 Å². The van der Waals surface area contributed by atoms with E-state index in [1.165, 1.54) is 31.2 Å². The van der Waals surface area contributed by atoms with Gasteiger partial charge in [-0.1, -0.05) is 0 Å². The van der Waals surface area contributed by atoms with Crippen LogP contribution in [-0.2, 0) is 4.79 Å². The van der Waals surface area contributed by atoms with Gasteiger partial charge in [-0.15, -0.1) is 0 Å². The highest BCUT2D eigenvalue weighted by Crippen LogP contribution is 2.18. The number of anilines is 1. The number of ether oxygens (including phenoxy) is 1. The fraction of sp³-hybridized carbons (Fsp3) is 0.222. The molecule has 0 radical (unpaired) electrons. The lowest BCUT2D eigenvalue weighted by Crippen LogP contribution is -2.45. The van der Waals surface area contributed by atoms with E-state index < -0.39 is 17.3 Å². The largest absolute Gasteiger partial charge is 0.490 e. The van der Waals surface area contributed by atoms with Gasteiger partial charge in [0.15, 0.2) is 5.60 Å². The summed E-state index contributed by atoms with van der Waals surface area (Å²) in [7, 11) is 0. The van der Waals surface area contributed by atoms with Crippen LogP contribution in [0, 0.1) is 24.1 Å². The molecule has 0 saturated heterocycles. The van der Waals surface area contributed by atoms with E-state index in [1.807, 2.05) is 6.07 Å². The van der Waals surface area contributed by atoms with Crippen LogP contribution < -0.4 is 10.1 Å². The molecule has 124 valence electrons. The number of aryl methyl sites for hydroxylation is 1. The number of carbonyl (C=O) groups excluding carboxylic acids is 1. The van der Waals surface area contributed by atoms with Gasteiger partial charge in [-0.2, -0.15) is 5.26 Å². The Morgan fingerprint density at radius 3 is 2.58 bits per heavy atom. The quantitative estimate of drug-likeness (QED) is 0.884. The van der Waals surface area contributed by atoms with Crippen LogP contribution in [-0.4, -0.2) is 23.2 Å². The fourth-order valence-corrected chi connectivity index (χ4v) is 1.95. The molecule has 1 amide bonds. The van der Waals surface area contributed by atoms with E-state index in [1.54, 1.807) is 25.1 Å². The second-order valence-electron chi connectivity index (χ2n) is 5.61. The summed E-state index contributed by atoms with van der Waals surface area (Å²) >= 11 is 0. The Labute approximate surface area is 139 Å². The van der Waals surface area contributed by atoms with E-state index in [4.69, 9.17) is 10.00 Å². The summed E-state index contributed by atoms with van der Waals surface area (Å²) in [6, 6.07) is 12.1. The molecular weight excluding hydrogens is 311 g/mol. The Hall–Kier alpha value is -2.91. The number of carbonyl (C=O) groups is 1. The lowest BCUT2D eigenvalue weighted by molar-refractivity contribution is -0.135. The van der Waals surface area contributed by atoms with Crippen molar-refractivity contribution in [1.82, 2.24) is 0 Å². The number of hydrogen-bond acceptors (Lipinski definition) is 4. The molecule has 1 atom stereocenters. The van der Waals surface area contributed by atoms with Crippen molar-refractivity contribution in [3.63, 3.8) is 0 Å². The third-order valence-corrected chi connectivity index (χ3v) is 3.43. The minimum absolute atomic E-state index is 0.292. The van der Waals surface area contributed by atoms with Gasteiger partial charge in [-0.25, -0.2) is 4.39 Å². The first kappa shape index (κ1) is 17.4. The summed E-state index contributed by atoms with van der Waals surface area (Å²) in [6.45, 7) is 2.78. The SMILES string of the molecule is Cc1cc(NC(=O)[C@@](C)(O)COc2ccc(F)cc2)ccc1C#N. The highest BCUT2D eigenvalue weighted by Gasteiger charge is 2.31. The molecular formula is C18H17FN2O3. The lowest BCUT2D eigenvalue weighted by Gasteiger charge is -2.22. The number of amides is 1. The molecule has 0 aliphatic heterocycles. The van der Waals surface area contributed by atoms with E-state index in [-0.39, 0.29) is 6.61 Å². The molecule has 5 nitrogen and oxygen atoms in total. The number of benzene rings is 2. The summed E-state index contributed by atoms with van der Waals surface area (Å²) < 4.78 is 18.2. The standard InChI is InChI=1S/C18H17FN2O3/c1-12-9-15(6-3-13(12)10-20)21-17(22)18(2,23)11-24-16-7-4-14(19)5-8-16/h3-9,23H,11H2,1-2H3,(H,21,22)/t18-/m0/s1. The van der Waals surface area contributed by atoms with Crippen molar-refractivity contribution in [1.29, 1.82) is 5.26 Å². The zero-order chi connectivity index (χ0) is 17.7. The van der Waals surface area contributed by atoms with E-state index in [0.29, 0.717) is 17.0 Å². The van der Waals surface area contributed by atoms with E-state index >= 15 is 0 Å². The normalized spacial score (nSPS) is 12.8. The van der Waals surface area contributed by atoms with Crippen LogP contribution in [0.4, 0.5) is 10.1 Å². The Morgan fingerprint density at radius 2 is 2.00 bits per heavy atom. The summed E-state index contributed by atoms with van der Waals surface area (Å²) in [6.07, 6.45) is 0. The Balaban J connectivity index is 2.00. The Bertz CT molecular complexity index is 780. The van der Waals surface area contributed by atoms with E-state index in [2.05, 4.69) is 5.32 Å². The number of nitrogens with zero attached hydrogens (tertiary/aromatic N) is 1. The third-order valence-electron chi connectivity index (χ3n) is 3.43. The zero-order valence-corrected chi connectivity index (χ0v) is 13.3. The first-order valence-electron chi connectivity index (χ1n) is 7.25. The van der Waals surface area contributed by atoms with E-state index in [0.717, 1.165) is 5.56 Å². The smallest absolute Gasteiger partial charge is 0.259 e. The minimum Gasteiger partial charge on any atom is -0.490 e. The first-order chi connectivity index (χ1) is 11.3. The maximum absolute atomic E-state index is 12.8. The van der Waals surface area contributed by atoms with Crippen molar-refractivity contribution in [3.8, 4) is 11.8 Å². The van der Waals surface area contributed by atoms with Gasteiger partial charge in [0.25, 0.3) is 5.91 Å². The predicted molar refractivity (Wildman–Crippen MR) is 87.0 cm³/mol. The molecule has 0 aromatic heterocycles. The van der Waals surface area contributed by atoms with Crippen LogP contribution in [0.15, 0.2) is 42.5 Å². The maximum atomic E-state index is 12.8. The van der Waals surface area contributed by atoms with Crippen LogP contribution in [0.25, 0.3) is 0 Å². The lowest BCUT2D eigenvalue weighted by atomic mass is 10.1. The van der Waals surface area contributed by atoms with Crippen LogP contribution in [0.1, 0.15) is 18.1 Å². The van der Waals surface area contributed by atoms with Gasteiger partial charge in [0.2, 0.25) is 0 Å². The number of nitrogens with one attached hydrogen (secondary N) is 1. The number of rotatable bonds is 5. The molecule has 0 unspecified atom stereocenters. The number of hydrogen-bond donors (Lipinski definition) is 2. The maximum Gasteiger partial charge on any atom is 0.259 e. The molecule has 2 aromatic carbocycles. The van der Waals surface area contributed by atoms with Crippen molar-refractivity contribution in [2.75, 3.05) is 11.9 Å². The van der Waals surface area contributed by atoms with Gasteiger partial charge in [-0.3, -0.25) is 4.79 Å². The number of halogens is 1. The van der Waals surface area contributed by atoms with Crippen molar-refractivity contribution < 1.29 is 19.0 Å². The molecule has 24 heavy (non-hydrogen) atoms. The molecule has 2 rings (SSSR count). The monoisotopic (exact) mass is 328 g/mol. The predicted octanol–water partition coefficient (Wildman–Crippen LogP) is 2.77. The molecule has 0 heterocycles. The first-order valence-corrected chi connectivity index (χ1v) is 7.25. The Morgan fingerprint density at radius 1 is 1.33 bits per heavy atom. The average molecular weight is 328 g/mol. The van der Waals surface area contributed by atoms with Gasteiger partial charge < -0.3 is 15.2 Å². The van der Waals surface area contributed by atoms with Gasteiger partial charge in [-0.05, 0) is 61.9 Å². The molecule has 2 N–H and O–H groups in total. The second-order valence-corrected chi connectivity index (χ2v) is 5.61. The highest BCUT2D eigenvalue weighted by atomic mass is 19.1. The van der Waals surface area contributed by atoms with Crippen molar-refractivity contribution >= 4 is 11.6 Å². The van der Waals surface area contributed by atoms with Crippen molar-refractivity contribution in [2.24, 2.45) is 0 Å². The van der Waals surface area contributed by atoms with E-state index in [9.17, 15) is 14.3 Å². The molecule has 0 saturated carbocycles. The topological polar surface area (TPSA) is 82.3 Å². The molecule has 6 heteroatoms. The number of aliphatic hydroxyl groups is 1. The van der Waals surface area contributed by atoms with Crippen LogP contribution in [0.2, 0.25) is 0 Å².